The van der Waals surface area contributed by atoms with Gasteiger partial charge in [0.1, 0.15) is 11.5 Å². The van der Waals surface area contributed by atoms with Gasteiger partial charge >= 0.3 is 0 Å². The van der Waals surface area contributed by atoms with Crippen LogP contribution in [-0.4, -0.2) is 19.0 Å². The summed E-state index contributed by atoms with van der Waals surface area (Å²) in [5.41, 5.74) is 8.74. The molecule has 4 heteroatoms. The molecule has 0 atom stereocenters. The largest absolute Gasteiger partial charge is 0.493 e. The highest BCUT2D eigenvalue weighted by atomic mass is 16.5. The van der Waals surface area contributed by atoms with Crippen molar-refractivity contribution in [3.8, 4) is 11.5 Å². The SMILES string of the molecule is CCCOc1ccc(C(C)(C)C)c(OCCC)c1C=CC(=O)c1ccc(N)cc1. The molecular weight excluding hydrogens is 362 g/mol. The van der Waals surface area contributed by atoms with Crippen molar-refractivity contribution in [2.45, 2.75) is 52.9 Å². The fourth-order valence-electron chi connectivity index (χ4n) is 2.93. The van der Waals surface area contributed by atoms with Crippen LogP contribution in [-0.2, 0) is 5.41 Å². The van der Waals surface area contributed by atoms with Gasteiger partial charge in [-0.15, -0.1) is 0 Å². The van der Waals surface area contributed by atoms with E-state index in [1.54, 1.807) is 30.3 Å². The van der Waals surface area contributed by atoms with Gasteiger partial charge < -0.3 is 15.2 Å². The maximum Gasteiger partial charge on any atom is 0.185 e. The predicted octanol–water partition coefficient (Wildman–Crippen LogP) is 6.04. The van der Waals surface area contributed by atoms with Crippen LogP contribution in [0.25, 0.3) is 6.08 Å². The van der Waals surface area contributed by atoms with Gasteiger partial charge in [0.15, 0.2) is 5.78 Å². The summed E-state index contributed by atoms with van der Waals surface area (Å²) in [6.45, 7) is 11.8. The van der Waals surface area contributed by atoms with Gasteiger partial charge in [-0.25, -0.2) is 0 Å². The summed E-state index contributed by atoms with van der Waals surface area (Å²) in [5, 5.41) is 0. The summed E-state index contributed by atoms with van der Waals surface area (Å²) in [7, 11) is 0. The van der Waals surface area contributed by atoms with E-state index in [0.717, 1.165) is 35.5 Å². The fourth-order valence-corrected chi connectivity index (χ4v) is 2.93. The van der Waals surface area contributed by atoms with Gasteiger partial charge in [0, 0.05) is 16.8 Å². The topological polar surface area (TPSA) is 61.5 Å². The van der Waals surface area contributed by atoms with E-state index in [1.165, 1.54) is 0 Å². The average molecular weight is 396 g/mol. The molecule has 2 aromatic carbocycles. The van der Waals surface area contributed by atoms with E-state index < -0.39 is 0 Å². The Hall–Kier alpha value is -2.75. The van der Waals surface area contributed by atoms with Crippen LogP contribution in [0, 0.1) is 0 Å². The van der Waals surface area contributed by atoms with Crippen molar-refractivity contribution in [2.24, 2.45) is 0 Å². The van der Waals surface area contributed by atoms with E-state index in [2.05, 4.69) is 40.7 Å². The highest BCUT2D eigenvalue weighted by Gasteiger charge is 2.23. The summed E-state index contributed by atoms with van der Waals surface area (Å²) in [6.07, 6.45) is 5.19. The molecule has 0 spiro atoms. The Morgan fingerprint density at radius 2 is 1.59 bits per heavy atom. The summed E-state index contributed by atoms with van der Waals surface area (Å²) in [5.74, 6) is 1.43. The average Bonchev–Trinajstić information content (AvgIpc) is 2.68. The number of ether oxygens (including phenoxy) is 2. The van der Waals surface area contributed by atoms with Crippen molar-refractivity contribution < 1.29 is 14.3 Å². The molecule has 0 aromatic heterocycles. The second-order valence-electron chi connectivity index (χ2n) is 8.12. The first-order valence-electron chi connectivity index (χ1n) is 10.3. The second kappa shape index (κ2) is 10.1. The number of hydrogen-bond donors (Lipinski definition) is 1. The normalized spacial score (nSPS) is 11.6. The van der Waals surface area contributed by atoms with E-state index >= 15 is 0 Å². The smallest absolute Gasteiger partial charge is 0.185 e. The predicted molar refractivity (Wildman–Crippen MR) is 121 cm³/mol. The Morgan fingerprint density at radius 3 is 2.17 bits per heavy atom. The number of nitrogen functional groups attached to an aromatic ring is 1. The van der Waals surface area contributed by atoms with Crippen molar-refractivity contribution in [1.29, 1.82) is 0 Å². The van der Waals surface area contributed by atoms with E-state index in [1.807, 2.05) is 12.1 Å². The van der Waals surface area contributed by atoms with E-state index in [4.69, 9.17) is 15.2 Å². The fraction of sp³-hybridized carbons (Fsp3) is 0.400. The van der Waals surface area contributed by atoms with Crippen LogP contribution in [0.2, 0.25) is 0 Å². The standard InChI is InChI=1S/C25H33NO3/c1-6-16-28-23-15-13-21(25(3,4)5)24(29-17-7-2)20(23)12-14-22(27)18-8-10-19(26)11-9-18/h8-15H,6-7,16-17,26H2,1-5H3. The Bertz CT molecular complexity index is 846. The van der Waals surface area contributed by atoms with Crippen molar-refractivity contribution in [3.63, 3.8) is 0 Å². The van der Waals surface area contributed by atoms with Gasteiger partial charge in [-0.2, -0.15) is 0 Å². The highest BCUT2D eigenvalue weighted by molar-refractivity contribution is 6.07. The molecule has 0 heterocycles. The zero-order chi connectivity index (χ0) is 21.4. The lowest BCUT2D eigenvalue weighted by molar-refractivity contribution is 0.104. The maximum atomic E-state index is 12.7. The third-order valence-electron chi connectivity index (χ3n) is 4.47. The zero-order valence-electron chi connectivity index (χ0n) is 18.2. The van der Waals surface area contributed by atoms with Crippen LogP contribution in [0.5, 0.6) is 11.5 Å². The number of rotatable bonds is 9. The molecule has 0 saturated heterocycles. The maximum absolute atomic E-state index is 12.7. The third kappa shape index (κ3) is 6.11. The molecule has 0 amide bonds. The molecule has 0 radical (unpaired) electrons. The molecule has 2 rings (SSSR count). The summed E-state index contributed by atoms with van der Waals surface area (Å²) in [4.78, 5) is 12.7. The Labute approximate surface area is 174 Å². The van der Waals surface area contributed by atoms with Crippen molar-refractivity contribution in [2.75, 3.05) is 18.9 Å². The lowest BCUT2D eigenvalue weighted by Crippen LogP contribution is -2.15. The lowest BCUT2D eigenvalue weighted by atomic mass is 9.84. The molecule has 0 bridgehead atoms. The second-order valence-corrected chi connectivity index (χ2v) is 8.12. The molecule has 0 fully saturated rings. The van der Waals surface area contributed by atoms with Crippen molar-refractivity contribution >= 4 is 17.5 Å². The first-order chi connectivity index (χ1) is 13.8. The van der Waals surface area contributed by atoms with Crippen LogP contribution in [0.1, 0.15) is 68.9 Å². The van der Waals surface area contributed by atoms with Crippen LogP contribution in [0.15, 0.2) is 42.5 Å². The van der Waals surface area contributed by atoms with Crippen LogP contribution < -0.4 is 15.2 Å². The van der Waals surface area contributed by atoms with Gasteiger partial charge in [-0.1, -0.05) is 40.7 Å². The number of hydrogen-bond acceptors (Lipinski definition) is 4. The highest BCUT2D eigenvalue weighted by Crippen LogP contribution is 2.40. The molecule has 0 unspecified atom stereocenters. The summed E-state index contributed by atoms with van der Waals surface area (Å²) < 4.78 is 12.1. The molecule has 0 aliphatic carbocycles. The minimum atomic E-state index is -0.101. The molecule has 156 valence electrons. The van der Waals surface area contributed by atoms with Gasteiger partial charge in [0.25, 0.3) is 0 Å². The number of allylic oxidation sites excluding steroid dienone is 1. The van der Waals surface area contributed by atoms with E-state index in [9.17, 15) is 4.79 Å². The van der Waals surface area contributed by atoms with E-state index in [-0.39, 0.29) is 11.2 Å². The van der Waals surface area contributed by atoms with Gasteiger partial charge in [-0.3, -0.25) is 4.79 Å². The first kappa shape index (κ1) is 22.5. The number of carbonyl (C=O) groups excluding carboxylic acids is 1. The minimum Gasteiger partial charge on any atom is -0.493 e. The van der Waals surface area contributed by atoms with Crippen molar-refractivity contribution in [1.82, 2.24) is 0 Å². The molecular formula is C25H33NO3. The van der Waals surface area contributed by atoms with Gasteiger partial charge in [0.05, 0.1) is 18.8 Å². The molecule has 4 nitrogen and oxygen atoms in total. The molecule has 0 aliphatic rings. The van der Waals surface area contributed by atoms with Gasteiger partial charge in [-0.05, 0) is 60.7 Å². The Balaban J connectivity index is 2.51. The van der Waals surface area contributed by atoms with Crippen LogP contribution in [0.4, 0.5) is 5.69 Å². The number of benzene rings is 2. The number of ketones is 1. The molecule has 0 aliphatic heterocycles. The molecule has 2 aromatic rings. The molecule has 2 N–H and O–H groups in total. The quantitative estimate of drug-likeness (QED) is 0.319. The summed E-state index contributed by atoms with van der Waals surface area (Å²) >= 11 is 0. The minimum absolute atomic E-state index is 0.0888. The number of nitrogens with two attached hydrogens (primary N) is 1. The van der Waals surface area contributed by atoms with Gasteiger partial charge in [0.2, 0.25) is 0 Å². The third-order valence-corrected chi connectivity index (χ3v) is 4.47. The van der Waals surface area contributed by atoms with Crippen molar-refractivity contribution in [3.05, 3.63) is 59.2 Å². The summed E-state index contributed by atoms with van der Waals surface area (Å²) in [6, 6.07) is 11.0. The first-order valence-corrected chi connectivity index (χ1v) is 10.3. The number of anilines is 1. The van der Waals surface area contributed by atoms with E-state index in [0.29, 0.717) is 24.5 Å². The molecule has 29 heavy (non-hydrogen) atoms. The Morgan fingerprint density at radius 1 is 0.966 bits per heavy atom. The van der Waals surface area contributed by atoms with Crippen LogP contribution >= 0.6 is 0 Å². The molecule has 0 saturated carbocycles. The van der Waals surface area contributed by atoms with Crippen LogP contribution in [0.3, 0.4) is 0 Å². The monoisotopic (exact) mass is 395 g/mol. The number of carbonyl (C=O) groups is 1. The lowest BCUT2D eigenvalue weighted by Gasteiger charge is -2.25. The zero-order valence-corrected chi connectivity index (χ0v) is 18.2. The Kier molecular flexibility index (Phi) is 7.89.